The Morgan fingerprint density at radius 3 is 2.73 bits per heavy atom. The maximum atomic E-state index is 11.1. The van der Waals surface area contributed by atoms with Crippen molar-refractivity contribution < 1.29 is 14.6 Å². The predicted octanol–water partition coefficient (Wildman–Crippen LogP) is 2.06. The first-order valence-electron chi connectivity index (χ1n) is 5.74. The average molecular weight is 217 g/mol. The van der Waals surface area contributed by atoms with Gasteiger partial charge in [0.25, 0.3) is 0 Å². The van der Waals surface area contributed by atoms with E-state index in [1.54, 1.807) is 0 Å². The third-order valence-corrected chi connectivity index (χ3v) is 2.18. The zero-order valence-corrected chi connectivity index (χ0v) is 9.79. The first kappa shape index (κ1) is 14.2. The molecule has 0 heterocycles. The van der Waals surface area contributed by atoms with Crippen molar-refractivity contribution in [1.82, 2.24) is 5.32 Å². The Labute approximate surface area is 92.0 Å². The highest BCUT2D eigenvalue weighted by atomic mass is 16.6. The van der Waals surface area contributed by atoms with Crippen molar-refractivity contribution in [2.45, 2.75) is 52.0 Å². The summed E-state index contributed by atoms with van der Waals surface area (Å²) in [5.74, 6) is 0. The van der Waals surface area contributed by atoms with Crippen molar-refractivity contribution in [2.75, 3.05) is 13.2 Å². The van der Waals surface area contributed by atoms with Gasteiger partial charge in [-0.1, -0.05) is 32.6 Å². The zero-order valence-electron chi connectivity index (χ0n) is 9.79. The summed E-state index contributed by atoms with van der Waals surface area (Å²) in [7, 11) is 0. The number of aliphatic hydroxyl groups is 1. The number of hydrogen-bond acceptors (Lipinski definition) is 3. The molecule has 0 aliphatic heterocycles. The van der Waals surface area contributed by atoms with Gasteiger partial charge in [-0.05, 0) is 13.3 Å². The third-order valence-electron chi connectivity index (χ3n) is 2.18. The van der Waals surface area contributed by atoms with Crippen molar-refractivity contribution in [3.8, 4) is 0 Å². The Hall–Kier alpha value is -0.770. The minimum absolute atomic E-state index is 0.0639. The van der Waals surface area contributed by atoms with Crippen LogP contribution in [-0.2, 0) is 4.74 Å². The van der Waals surface area contributed by atoms with Gasteiger partial charge < -0.3 is 15.2 Å². The van der Waals surface area contributed by atoms with Crippen LogP contribution < -0.4 is 5.32 Å². The summed E-state index contributed by atoms with van der Waals surface area (Å²) in [5.41, 5.74) is 0. The Kier molecular flexibility index (Phi) is 9.27. The maximum absolute atomic E-state index is 11.1. The van der Waals surface area contributed by atoms with Gasteiger partial charge in [0.2, 0.25) is 0 Å². The highest BCUT2D eigenvalue weighted by Gasteiger charge is 2.06. The van der Waals surface area contributed by atoms with E-state index in [1.165, 1.54) is 19.3 Å². The molecule has 4 nitrogen and oxygen atoms in total. The third kappa shape index (κ3) is 9.53. The number of ether oxygens (including phenoxy) is 1. The van der Waals surface area contributed by atoms with Crippen molar-refractivity contribution >= 4 is 6.09 Å². The van der Waals surface area contributed by atoms with Crippen LogP contribution in [0.15, 0.2) is 0 Å². The molecule has 0 saturated heterocycles. The molecule has 0 saturated carbocycles. The van der Waals surface area contributed by atoms with E-state index in [-0.39, 0.29) is 19.3 Å². The highest BCUT2D eigenvalue weighted by molar-refractivity contribution is 5.67. The summed E-state index contributed by atoms with van der Waals surface area (Å²) in [4.78, 5) is 11.1. The molecule has 2 N–H and O–H groups in total. The van der Waals surface area contributed by atoms with Crippen LogP contribution in [-0.4, -0.2) is 30.5 Å². The van der Waals surface area contributed by atoms with E-state index in [1.807, 2.05) is 6.92 Å². The smallest absolute Gasteiger partial charge is 0.407 e. The Balaban J connectivity index is 3.38. The highest BCUT2D eigenvalue weighted by Crippen LogP contribution is 2.05. The van der Waals surface area contributed by atoms with Crippen molar-refractivity contribution in [1.29, 1.82) is 0 Å². The number of hydrogen-bond donors (Lipinski definition) is 2. The van der Waals surface area contributed by atoms with Gasteiger partial charge in [-0.25, -0.2) is 4.79 Å². The fourth-order valence-electron chi connectivity index (χ4n) is 1.33. The van der Waals surface area contributed by atoms with E-state index < -0.39 is 6.09 Å². The first-order valence-corrected chi connectivity index (χ1v) is 5.74. The Morgan fingerprint density at radius 1 is 1.40 bits per heavy atom. The standard InChI is InChI=1S/C11H23NO3/c1-3-4-5-6-7-10(2)12-11(14)15-9-8-13/h10,13H,3-9H2,1-2H3,(H,12,14). The number of alkyl carbamates (subject to hydrolysis) is 1. The van der Waals surface area contributed by atoms with E-state index >= 15 is 0 Å². The van der Waals surface area contributed by atoms with Gasteiger partial charge in [0.15, 0.2) is 0 Å². The Morgan fingerprint density at radius 2 is 2.13 bits per heavy atom. The molecule has 90 valence electrons. The lowest BCUT2D eigenvalue weighted by molar-refractivity contribution is 0.116. The molecular weight excluding hydrogens is 194 g/mol. The van der Waals surface area contributed by atoms with Crippen LogP contribution in [0.4, 0.5) is 4.79 Å². The second-order valence-corrected chi connectivity index (χ2v) is 3.75. The number of amides is 1. The summed E-state index contributed by atoms with van der Waals surface area (Å²) in [6.45, 7) is 4.08. The topological polar surface area (TPSA) is 58.6 Å². The molecule has 1 atom stereocenters. The molecule has 0 aromatic carbocycles. The summed E-state index contributed by atoms with van der Waals surface area (Å²) >= 11 is 0. The lowest BCUT2D eigenvalue weighted by atomic mass is 10.1. The number of nitrogens with one attached hydrogen (secondary N) is 1. The van der Waals surface area contributed by atoms with Crippen LogP contribution in [0.2, 0.25) is 0 Å². The second-order valence-electron chi connectivity index (χ2n) is 3.75. The normalized spacial score (nSPS) is 12.2. The Bertz CT molecular complexity index is 162. The monoisotopic (exact) mass is 217 g/mol. The molecule has 0 radical (unpaired) electrons. The van der Waals surface area contributed by atoms with Crippen LogP contribution >= 0.6 is 0 Å². The second kappa shape index (κ2) is 9.77. The van der Waals surface area contributed by atoms with Gasteiger partial charge in [0, 0.05) is 6.04 Å². The summed E-state index contributed by atoms with van der Waals surface area (Å²) in [5, 5.41) is 11.2. The number of aliphatic hydroxyl groups excluding tert-OH is 1. The summed E-state index contributed by atoms with van der Waals surface area (Å²) in [6.07, 6.45) is 5.37. The van der Waals surface area contributed by atoms with Crippen LogP contribution in [0.25, 0.3) is 0 Å². The number of carbonyl (C=O) groups excluding carboxylic acids is 1. The van der Waals surface area contributed by atoms with E-state index in [0.29, 0.717) is 0 Å². The van der Waals surface area contributed by atoms with Crippen LogP contribution in [0.5, 0.6) is 0 Å². The van der Waals surface area contributed by atoms with Gasteiger partial charge in [-0.2, -0.15) is 0 Å². The lowest BCUT2D eigenvalue weighted by Crippen LogP contribution is -2.33. The van der Waals surface area contributed by atoms with Crippen LogP contribution in [0.1, 0.15) is 46.0 Å². The maximum Gasteiger partial charge on any atom is 0.407 e. The van der Waals surface area contributed by atoms with Crippen LogP contribution in [0, 0.1) is 0 Å². The van der Waals surface area contributed by atoms with Crippen molar-refractivity contribution in [2.24, 2.45) is 0 Å². The van der Waals surface area contributed by atoms with E-state index in [2.05, 4.69) is 17.0 Å². The molecule has 0 spiro atoms. The number of rotatable bonds is 8. The molecule has 0 aliphatic carbocycles. The van der Waals surface area contributed by atoms with Gasteiger partial charge >= 0.3 is 6.09 Å². The quantitative estimate of drug-likeness (QED) is 0.612. The number of carbonyl (C=O) groups is 1. The molecule has 1 unspecified atom stereocenters. The molecule has 0 aromatic heterocycles. The minimum Gasteiger partial charge on any atom is -0.447 e. The van der Waals surface area contributed by atoms with Crippen molar-refractivity contribution in [3.05, 3.63) is 0 Å². The average Bonchev–Trinajstić information content (AvgIpc) is 2.21. The molecule has 4 heteroatoms. The molecular formula is C11H23NO3. The van der Waals surface area contributed by atoms with Gasteiger partial charge in [-0.15, -0.1) is 0 Å². The predicted molar refractivity (Wildman–Crippen MR) is 59.8 cm³/mol. The minimum atomic E-state index is -0.438. The first-order chi connectivity index (χ1) is 7.20. The molecule has 15 heavy (non-hydrogen) atoms. The largest absolute Gasteiger partial charge is 0.447 e. The zero-order chi connectivity index (χ0) is 11.5. The van der Waals surface area contributed by atoms with Gasteiger partial charge in [0.05, 0.1) is 6.61 Å². The summed E-state index contributed by atoms with van der Waals surface area (Å²) in [6, 6.07) is 0.146. The lowest BCUT2D eigenvalue weighted by Gasteiger charge is -2.13. The van der Waals surface area contributed by atoms with E-state index in [0.717, 1.165) is 12.8 Å². The van der Waals surface area contributed by atoms with Gasteiger partial charge in [0.1, 0.15) is 6.61 Å². The number of unbranched alkanes of at least 4 members (excludes halogenated alkanes) is 3. The molecule has 0 aromatic rings. The SMILES string of the molecule is CCCCCCC(C)NC(=O)OCCO. The van der Waals surface area contributed by atoms with Crippen LogP contribution in [0.3, 0.4) is 0 Å². The van der Waals surface area contributed by atoms with Crippen molar-refractivity contribution in [3.63, 3.8) is 0 Å². The van der Waals surface area contributed by atoms with Gasteiger partial charge in [-0.3, -0.25) is 0 Å². The molecule has 0 fully saturated rings. The summed E-state index contributed by atoms with van der Waals surface area (Å²) < 4.78 is 4.69. The van der Waals surface area contributed by atoms with E-state index in [4.69, 9.17) is 5.11 Å². The van der Waals surface area contributed by atoms with E-state index in [9.17, 15) is 4.79 Å². The fourth-order valence-corrected chi connectivity index (χ4v) is 1.33. The molecule has 1 amide bonds. The molecule has 0 bridgehead atoms. The fraction of sp³-hybridized carbons (Fsp3) is 0.909. The molecule has 0 rings (SSSR count). The molecule has 0 aliphatic rings.